The minimum Gasteiger partial charge on any atom is -0.312 e. The zero-order valence-electron chi connectivity index (χ0n) is 8.96. The number of carbonyl (C=O) groups excluding carboxylic acids is 1. The van der Waals surface area contributed by atoms with Crippen LogP contribution >= 0.6 is 11.6 Å². The smallest absolute Gasteiger partial charge is 0.223 e. The van der Waals surface area contributed by atoms with Crippen LogP contribution in [0.1, 0.15) is 18.1 Å². The summed E-state index contributed by atoms with van der Waals surface area (Å²) in [6.45, 7) is 2.25. The van der Waals surface area contributed by atoms with Crippen molar-refractivity contribution in [2.75, 3.05) is 11.4 Å². The van der Waals surface area contributed by atoms with Crippen LogP contribution in [0.15, 0.2) is 12.1 Å². The number of nitriles is 1. The van der Waals surface area contributed by atoms with Crippen molar-refractivity contribution >= 4 is 23.2 Å². The molecule has 0 spiro atoms. The van der Waals surface area contributed by atoms with Gasteiger partial charge in [-0.15, -0.1) is 0 Å². The fourth-order valence-corrected chi connectivity index (χ4v) is 2.24. The van der Waals surface area contributed by atoms with Crippen LogP contribution in [0.4, 0.5) is 5.69 Å². The van der Waals surface area contributed by atoms with Crippen LogP contribution < -0.4 is 4.90 Å². The molecule has 82 valence electrons. The lowest BCUT2D eigenvalue weighted by Crippen LogP contribution is -2.25. The number of hydrogen-bond acceptors (Lipinski definition) is 2. The second-order valence-electron chi connectivity index (χ2n) is 3.83. The minimum absolute atomic E-state index is 0.0304. The zero-order valence-corrected chi connectivity index (χ0v) is 9.71. The van der Waals surface area contributed by atoms with Gasteiger partial charge in [-0.1, -0.05) is 17.7 Å². The molecule has 0 atom stereocenters. The number of benzene rings is 1. The van der Waals surface area contributed by atoms with Crippen molar-refractivity contribution in [3.05, 3.63) is 28.3 Å². The van der Waals surface area contributed by atoms with Gasteiger partial charge in [-0.2, -0.15) is 5.26 Å². The summed E-state index contributed by atoms with van der Waals surface area (Å²) in [7, 11) is 0. The summed E-state index contributed by atoms with van der Waals surface area (Å²) in [5.41, 5.74) is 2.83. The number of amides is 1. The third kappa shape index (κ3) is 1.77. The fourth-order valence-electron chi connectivity index (χ4n) is 2.01. The Labute approximate surface area is 99.2 Å². The first-order valence-corrected chi connectivity index (χ1v) is 5.47. The van der Waals surface area contributed by atoms with Crippen LogP contribution in [-0.2, 0) is 17.6 Å². The number of halogens is 1. The number of carbonyl (C=O) groups is 1. The van der Waals surface area contributed by atoms with Crippen LogP contribution in [0.5, 0.6) is 0 Å². The Balaban J connectivity index is 2.44. The van der Waals surface area contributed by atoms with Crippen LogP contribution in [-0.4, -0.2) is 12.5 Å². The Hall–Kier alpha value is -1.53. The van der Waals surface area contributed by atoms with Gasteiger partial charge >= 0.3 is 0 Å². The molecule has 1 aliphatic rings. The van der Waals surface area contributed by atoms with Crippen LogP contribution in [0.25, 0.3) is 0 Å². The molecule has 0 unspecified atom stereocenters. The number of nitrogens with zero attached hydrogens (tertiary/aromatic N) is 2. The van der Waals surface area contributed by atoms with Crippen molar-refractivity contribution in [1.29, 1.82) is 5.26 Å². The van der Waals surface area contributed by atoms with Gasteiger partial charge in [0.25, 0.3) is 0 Å². The largest absolute Gasteiger partial charge is 0.312 e. The highest BCUT2D eigenvalue weighted by Gasteiger charge is 2.23. The normalized spacial score (nSPS) is 13.4. The molecule has 0 saturated carbocycles. The highest BCUT2D eigenvalue weighted by molar-refractivity contribution is 6.31. The van der Waals surface area contributed by atoms with E-state index < -0.39 is 0 Å². The average Bonchev–Trinajstić information content (AvgIpc) is 2.61. The Morgan fingerprint density at radius 2 is 2.38 bits per heavy atom. The predicted molar refractivity (Wildman–Crippen MR) is 62.5 cm³/mol. The monoisotopic (exact) mass is 234 g/mol. The van der Waals surface area contributed by atoms with Crippen LogP contribution in [0, 0.1) is 11.3 Å². The molecule has 1 heterocycles. The van der Waals surface area contributed by atoms with Gasteiger partial charge in [-0.25, -0.2) is 0 Å². The molecule has 0 N–H and O–H groups in total. The van der Waals surface area contributed by atoms with Gasteiger partial charge in [-0.05, 0) is 23.6 Å². The van der Waals surface area contributed by atoms with Crippen LogP contribution in [0.2, 0.25) is 5.02 Å². The molecule has 1 aliphatic heterocycles. The standard InChI is InChI=1S/C12H11ClN2O/c1-8(16)15-5-3-10-6-9(2-4-14)11(13)7-12(10)15/h6-7H,2-3,5H2,1H3. The molecule has 0 aromatic heterocycles. The van der Waals surface area contributed by atoms with Gasteiger partial charge in [0.15, 0.2) is 0 Å². The molecule has 0 fully saturated rings. The average molecular weight is 235 g/mol. The summed E-state index contributed by atoms with van der Waals surface area (Å²) in [5, 5.41) is 9.22. The molecule has 0 saturated heterocycles. The Morgan fingerprint density at radius 1 is 1.62 bits per heavy atom. The molecule has 1 aromatic rings. The van der Waals surface area contributed by atoms with Gasteiger partial charge in [0.2, 0.25) is 5.91 Å². The van der Waals surface area contributed by atoms with E-state index >= 15 is 0 Å². The number of rotatable bonds is 1. The zero-order chi connectivity index (χ0) is 11.7. The van der Waals surface area contributed by atoms with E-state index in [-0.39, 0.29) is 5.91 Å². The SMILES string of the molecule is CC(=O)N1CCc2cc(CC#N)c(Cl)cc21. The van der Waals surface area contributed by atoms with Gasteiger partial charge in [0.05, 0.1) is 12.5 Å². The molecule has 1 amide bonds. The van der Waals surface area contributed by atoms with Crippen molar-refractivity contribution in [3.8, 4) is 6.07 Å². The third-order valence-electron chi connectivity index (χ3n) is 2.79. The predicted octanol–water partition coefficient (Wildman–Crippen LogP) is 2.32. The van der Waals surface area contributed by atoms with E-state index in [0.29, 0.717) is 18.0 Å². The van der Waals surface area contributed by atoms with Crippen molar-refractivity contribution in [2.24, 2.45) is 0 Å². The lowest BCUT2D eigenvalue weighted by atomic mass is 10.1. The summed E-state index contributed by atoms with van der Waals surface area (Å²) in [6, 6.07) is 5.81. The van der Waals surface area contributed by atoms with Crippen LogP contribution in [0.3, 0.4) is 0 Å². The van der Waals surface area contributed by atoms with E-state index in [1.807, 2.05) is 6.07 Å². The van der Waals surface area contributed by atoms with E-state index in [2.05, 4.69) is 6.07 Å². The van der Waals surface area contributed by atoms with Gasteiger partial charge in [0.1, 0.15) is 0 Å². The molecule has 0 radical (unpaired) electrons. The summed E-state index contributed by atoms with van der Waals surface area (Å²) in [5.74, 6) is 0.0304. The van der Waals surface area contributed by atoms with E-state index in [4.69, 9.17) is 16.9 Å². The van der Waals surface area contributed by atoms with Gasteiger partial charge in [0, 0.05) is 24.2 Å². The highest BCUT2D eigenvalue weighted by Crippen LogP contribution is 2.33. The van der Waals surface area contributed by atoms with Crippen molar-refractivity contribution in [1.82, 2.24) is 0 Å². The van der Waals surface area contributed by atoms with Gasteiger partial charge < -0.3 is 4.90 Å². The first-order valence-electron chi connectivity index (χ1n) is 5.10. The molecule has 1 aromatic carbocycles. The van der Waals surface area contributed by atoms with E-state index in [0.717, 1.165) is 23.2 Å². The Kier molecular flexibility index (Phi) is 2.84. The fraction of sp³-hybridized carbons (Fsp3) is 0.333. The molecule has 2 rings (SSSR count). The van der Waals surface area contributed by atoms with E-state index in [1.165, 1.54) is 0 Å². The lowest BCUT2D eigenvalue weighted by Gasteiger charge is -2.15. The first kappa shape index (κ1) is 11.0. The number of fused-ring (bicyclic) bond motifs is 1. The number of anilines is 1. The van der Waals surface area contributed by atoms with E-state index in [9.17, 15) is 4.79 Å². The quantitative estimate of drug-likeness (QED) is 0.749. The summed E-state index contributed by atoms with van der Waals surface area (Å²) in [6.07, 6.45) is 1.15. The summed E-state index contributed by atoms with van der Waals surface area (Å²) < 4.78 is 0. The topological polar surface area (TPSA) is 44.1 Å². The van der Waals surface area contributed by atoms with Crippen molar-refractivity contribution < 1.29 is 4.79 Å². The maximum Gasteiger partial charge on any atom is 0.223 e. The molecular formula is C12H11ClN2O. The summed E-state index contributed by atoms with van der Waals surface area (Å²) in [4.78, 5) is 13.1. The van der Waals surface area contributed by atoms with Gasteiger partial charge in [-0.3, -0.25) is 4.79 Å². The highest BCUT2D eigenvalue weighted by atomic mass is 35.5. The third-order valence-corrected chi connectivity index (χ3v) is 3.14. The van der Waals surface area contributed by atoms with Crippen molar-refractivity contribution in [3.63, 3.8) is 0 Å². The molecule has 0 aliphatic carbocycles. The maximum absolute atomic E-state index is 11.4. The van der Waals surface area contributed by atoms with E-state index in [1.54, 1.807) is 17.9 Å². The first-order chi connectivity index (χ1) is 7.63. The van der Waals surface area contributed by atoms with Crippen molar-refractivity contribution in [2.45, 2.75) is 19.8 Å². The Morgan fingerprint density at radius 3 is 3.00 bits per heavy atom. The molecule has 4 heteroatoms. The molecule has 3 nitrogen and oxygen atoms in total. The molecule has 0 bridgehead atoms. The lowest BCUT2D eigenvalue weighted by molar-refractivity contribution is -0.116. The molecule has 16 heavy (non-hydrogen) atoms. The second kappa shape index (κ2) is 4.15. The number of hydrogen-bond donors (Lipinski definition) is 0. The Bertz CT molecular complexity index is 491. The molecular weight excluding hydrogens is 224 g/mol. The summed E-state index contributed by atoms with van der Waals surface area (Å²) >= 11 is 6.07. The minimum atomic E-state index is 0.0304. The second-order valence-corrected chi connectivity index (χ2v) is 4.24. The maximum atomic E-state index is 11.4.